The summed E-state index contributed by atoms with van der Waals surface area (Å²) >= 11 is 0. The van der Waals surface area contributed by atoms with Crippen LogP contribution in [0.2, 0.25) is 0 Å². The number of hydrogen-bond acceptors (Lipinski definition) is 3. The number of benzene rings is 10. The van der Waals surface area contributed by atoms with Gasteiger partial charge in [-0.2, -0.15) is 0 Å². The lowest BCUT2D eigenvalue weighted by Crippen LogP contribution is -2.12. The number of nitrogens with zero attached hydrogens (tertiary/aromatic N) is 4. The van der Waals surface area contributed by atoms with Crippen molar-refractivity contribution in [2.45, 2.75) is 0 Å². The summed E-state index contributed by atoms with van der Waals surface area (Å²) in [6.07, 6.45) is 0. The number of anilines is 6. The summed E-state index contributed by atoms with van der Waals surface area (Å²) in [5.41, 5.74) is 13.0. The van der Waals surface area contributed by atoms with Gasteiger partial charge < -0.3 is 14.4 Å². The number of fused-ring (bicyclic) bond motifs is 8. The van der Waals surface area contributed by atoms with Gasteiger partial charge in [0.05, 0.1) is 22.2 Å². The van der Waals surface area contributed by atoms with E-state index in [1.54, 1.807) is 0 Å². The van der Waals surface area contributed by atoms with Gasteiger partial charge in [0.15, 0.2) is 0 Å². The third kappa shape index (κ3) is 6.27. The molecule has 0 saturated carbocycles. The van der Waals surface area contributed by atoms with Crippen LogP contribution in [0.5, 0.6) is 0 Å². The molecule has 0 amide bonds. The first-order valence-corrected chi connectivity index (χ1v) is 21.5. The molecule has 0 fully saturated rings. The Morgan fingerprint density at radius 1 is 0.317 bits per heavy atom. The van der Waals surface area contributed by atoms with Gasteiger partial charge in [0.25, 0.3) is 0 Å². The molecule has 0 atom stereocenters. The van der Waals surface area contributed by atoms with E-state index in [4.69, 9.17) is 4.98 Å². The molecule has 0 aliphatic carbocycles. The third-order valence-electron chi connectivity index (χ3n) is 12.3. The van der Waals surface area contributed by atoms with Crippen LogP contribution in [0.3, 0.4) is 0 Å². The Labute approximate surface area is 365 Å². The van der Waals surface area contributed by atoms with Crippen LogP contribution < -0.4 is 9.80 Å². The first kappa shape index (κ1) is 36.4. The molecule has 4 nitrogen and oxygen atoms in total. The molecule has 2 aromatic heterocycles. The van der Waals surface area contributed by atoms with E-state index in [-0.39, 0.29) is 0 Å². The number of rotatable bonds is 8. The Balaban J connectivity index is 1.05. The number of aromatic nitrogens is 2. The molecule has 0 spiro atoms. The van der Waals surface area contributed by atoms with E-state index in [9.17, 15) is 0 Å². The van der Waals surface area contributed by atoms with E-state index < -0.39 is 0 Å². The fourth-order valence-corrected chi connectivity index (χ4v) is 9.48. The zero-order valence-electron chi connectivity index (χ0n) is 34.4. The quantitative estimate of drug-likeness (QED) is 0.143. The van der Waals surface area contributed by atoms with Gasteiger partial charge in [-0.3, -0.25) is 0 Å². The van der Waals surface area contributed by atoms with Crippen molar-refractivity contribution in [2.75, 3.05) is 9.80 Å². The minimum atomic E-state index is 0.989. The van der Waals surface area contributed by atoms with Crippen molar-refractivity contribution in [3.8, 4) is 16.9 Å². The van der Waals surface area contributed by atoms with E-state index in [2.05, 4.69) is 257 Å². The maximum Gasteiger partial charge on any atom is 0.0788 e. The maximum absolute atomic E-state index is 5.26. The second kappa shape index (κ2) is 15.2. The average Bonchev–Trinajstić information content (AvgIpc) is 3.70. The van der Waals surface area contributed by atoms with Crippen LogP contribution >= 0.6 is 0 Å². The molecule has 12 aromatic rings. The van der Waals surface area contributed by atoms with E-state index >= 15 is 0 Å². The molecule has 10 aromatic carbocycles. The van der Waals surface area contributed by atoms with Crippen molar-refractivity contribution < 1.29 is 0 Å². The van der Waals surface area contributed by atoms with Crippen molar-refractivity contribution in [3.05, 3.63) is 243 Å². The molecule has 0 radical (unpaired) electrons. The highest BCUT2D eigenvalue weighted by atomic mass is 15.2. The Bertz CT molecular complexity index is 3580. The summed E-state index contributed by atoms with van der Waals surface area (Å²) in [5, 5.41) is 8.36. The third-order valence-corrected chi connectivity index (χ3v) is 12.3. The van der Waals surface area contributed by atoms with Gasteiger partial charge in [-0.05, 0) is 108 Å². The highest BCUT2D eigenvalue weighted by Gasteiger charge is 2.21. The molecule has 63 heavy (non-hydrogen) atoms. The second-order valence-corrected chi connectivity index (χ2v) is 16.0. The predicted molar refractivity (Wildman–Crippen MR) is 266 cm³/mol. The van der Waals surface area contributed by atoms with Crippen LogP contribution in [-0.2, 0) is 0 Å². The van der Waals surface area contributed by atoms with Gasteiger partial charge in [0.1, 0.15) is 0 Å². The van der Waals surface area contributed by atoms with E-state index in [0.717, 1.165) is 78.4 Å². The highest BCUT2D eigenvalue weighted by molar-refractivity contribution is 6.29. The number of para-hydroxylation sites is 4. The number of hydrogen-bond donors (Lipinski definition) is 0. The molecule has 4 heteroatoms. The summed E-state index contributed by atoms with van der Waals surface area (Å²) < 4.78 is 2.43. The minimum absolute atomic E-state index is 0.989. The molecular weight excluding hydrogens is 765 g/mol. The molecule has 296 valence electrons. The lowest BCUT2D eigenvalue weighted by atomic mass is 9.96. The summed E-state index contributed by atoms with van der Waals surface area (Å²) in [4.78, 5) is 9.95. The molecular formula is C59H40N4. The molecule has 0 N–H and O–H groups in total. The van der Waals surface area contributed by atoms with Gasteiger partial charge in [0.2, 0.25) is 0 Å². The Kier molecular flexibility index (Phi) is 8.79. The molecule has 0 unspecified atom stereocenters. The first-order valence-electron chi connectivity index (χ1n) is 21.5. The van der Waals surface area contributed by atoms with Crippen molar-refractivity contribution in [1.29, 1.82) is 0 Å². The molecule has 0 bridgehead atoms. The van der Waals surface area contributed by atoms with Gasteiger partial charge in [-0.1, -0.05) is 146 Å². The Morgan fingerprint density at radius 3 is 1.59 bits per heavy atom. The topological polar surface area (TPSA) is 24.3 Å². The fourth-order valence-electron chi connectivity index (χ4n) is 9.48. The van der Waals surface area contributed by atoms with Gasteiger partial charge in [-0.25, -0.2) is 4.98 Å². The van der Waals surface area contributed by atoms with Gasteiger partial charge in [0, 0.05) is 72.3 Å². The lowest BCUT2D eigenvalue weighted by Gasteiger charge is -2.29. The molecule has 0 saturated heterocycles. The summed E-state index contributed by atoms with van der Waals surface area (Å²) in [6.45, 7) is 0. The largest absolute Gasteiger partial charge is 0.311 e. The predicted octanol–water partition coefficient (Wildman–Crippen LogP) is 16.2. The van der Waals surface area contributed by atoms with Crippen LogP contribution in [0, 0.1) is 0 Å². The Morgan fingerprint density at radius 2 is 0.857 bits per heavy atom. The Hall–Kier alpha value is -8.47. The monoisotopic (exact) mass is 804 g/mol. The SMILES string of the molecule is c1ccc(-c2nc3ccccc3c3c2ccc2c3c3ccccc3n2-c2cccc(N(c3ccc(N(c4ccccc4)c4ccccc4)cc3)c3ccc4ccccc4c3)c2)cc1. The fraction of sp³-hybridized carbons (Fsp3) is 0. The molecule has 0 aliphatic rings. The van der Waals surface area contributed by atoms with Crippen LogP contribution in [0.4, 0.5) is 34.1 Å². The number of pyridine rings is 1. The summed E-state index contributed by atoms with van der Waals surface area (Å²) in [5.74, 6) is 0. The average molecular weight is 805 g/mol. The zero-order chi connectivity index (χ0) is 41.7. The van der Waals surface area contributed by atoms with Crippen LogP contribution in [0.25, 0.3) is 71.2 Å². The smallest absolute Gasteiger partial charge is 0.0788 e. The normalized spacial score (nSPS) is 11.5. The summed E-state index contributed by atoms with van der Waals surface area (Å²) in [7, 11) is 0. The van der Waals surface area contributed by atoms with Crippen molar-refractivity contribution in [1.82, 2.24) is 9.55 Å². The standard InChI is InChI=1S/C59H40N4/c1-4-18-42(19-5-1)59-53-37-38-56-58(57(53)51-27-12-14-29-54(51)60-59)52-28-13-15-30-55(52)63(56)49-26-16-25-48(40-49)62(50-32-31-41-17-10-11-20-43(41)39-50)47-35-33-46(34-36-47)61(44-21-6-2-7-22-44)45-23-8-3-9-24-45/h1-40H. The first-order chi connectivity index (χ1) is 31.3. The molecule has 12 rings (SSSR count). The zero-order valence-corrected chi connectivity index (χ0v) is 34.4. The van der Waals surface area contributed by atoms with Crippen LogP contribution in [-0.4, -0.2) is 9.55 Å². The van der Waals surface area contributed by atoms with E-state index in [0.29, 0.717) is 0 Å². The second-order valence-electron chi connectivity index (χ2n) is 16.0. The van der Waals surface area contributed by atoms with Crippen LogP contribution in [0.15, 0.2) is 243 Å². The molecule has 0 aliphatic heterocycles. The van der Waals surface area contributed by atoms with E-state index in [1.807, 2.05) is 0 Å². The molecule has 2 heterocycles. The van der Waals surface area contributed by atoms with Crippen molar-refractivity contribution >= 4 is 88.4 Å². The van der Waals surface area contributed by atoms with E-state index in [1.165, 1.54) is 26.9 Å². The van der Waals surface area contributed by atoms with Gasteiger partial charge in [-0.15, -0.1) is 0 Å². The maximum atomic E-state index is 5.26. The minimum Gasteiger partial charge on any atom is -0.311 e. The highest BCUT2D eigenvalue weighted by Crippen LogP contribution is 2.44. The summed E-state index contributed by atoms with van der Waals surface area (Å²) in [6, 6.07) is 86.9. The van der Waals surface area contributed by atoms with Crippen molar-refractivity contribution in [2.24, 2.45) is 0 Å². The lowest BCUT2D eigenvalue weighted by molar-refractivity contribution is 1.17. The van der Waals surface area contributed by atoms with Crippen molar-refractivity contribution in [3.63, 3.8) is 0 Å². The van der Waals surface area contributed by atoms with Gasteiger partial charge >= 0.3 is 0 Å². The van der Waals surface area contributed by atoms with Crippen LogP contribution in [0.1, 0.15) is 0 Å².